The monoisotopic (exact) mass is 933 g/mol. The summed E-state index contributed by atoms with van der Waals surface area (Å²) in [6.07, 6.45) is 7.69. The Morgan fingerprint density at radius 2 is 1.52 bits per heavy atom. The van der Waals surface area contributed by atoms with Crippen LogP contribution in [0.15, 0.2) is 155 Å². The fourth-order valence-corrected chi connectivity index (χ4v) is 8.33. The molecule has 18 heteroatoms. The molecule has 0 saturated carbocycles. The number of hydrogen-bond donors (Lipinski definition) is 3. The van der Waals surface area contributed by atoms with Crippen molar-refractivity contribution in [1.82, 2.24) is 0 Å². The Bertz CT molecular complexity index is 2770. The zero-order chi connectivity index (χ0) is 45.1. The minimum atomic E-state index is -5.07. The van der Waals surface area contributed by atoms with Crippen LogP contribution in [0, 0.1) is 6.07 Å². The number of rotatable bonds is 18. The summed E-state index contributed by atoms with van der Waals surface area (Å²) in [6.45, 7) is 6.24. The molecular weight excluding hydrogens is 887 g/mol. The summed E-state index contributed by atoms with van der Waals surface area (Å²) in [5, 5.41) is 21.3. The smallest absolute Gasteiger partial charge is 0.744 e. The quantitative estimate of drug-likeness (QED) is 0.0334. The van der Waals surface area contributed by atoms with E-state index < -0.39 is 32.3 Å². The van der Waals surface area contributed by atoms with Crippen molar-refractivity contribution in [3.05, 3.63) is 173 Å². The molecule has 0 fully saturated rings. The maximum atomic E-state index is 13.0. The van der Waals surface area contributed by atoms with Crippen LogP contribution in [0.3, 0.4) is 0 Å². The van der Waals surface area contributed by atoms with E-state index >= 15 is 0 Å². The van der Waals surface area contributed by atoms with Gasteiger partial charge in [0.25, 0.3) is 0 Å². The molecule has 1 amide bonds. The molecule has 0 atom stereocenters. The third-order valence-electron chi connectivity index (χ3n) is 10.3. The molecule has 0 aliphatic heterocycles. The van der Waals surface area contributed by atoms with E-state index in [0.717, 1.165) is 17.0 Å². The van der Waals surface area contributed by atoms with Crippen LogP contribution in [0.4, 0.5) is 11.4 Å². The fraction of sp³-hybridized carbons (Fsp3) is 0.191. The molecule has 65 heavy (non-hydrogen) atoms. The van der Waals surface area contributed by atoms with E-state index in [1.807, 2.05) is 84.3 Å². The third kappa shape index (κ3) is 14.9. The summed E-state index contributed by atoms with van der Waals surface area (Å²) in [7, 11) is -11.3. The van der Waals surface area contributed by atoms with Gasteiger partial charge in [0.05, 0.1) is 16.4 Å². The Balaban J connectivity index is 0.00000462. The second-order valence-electron chi connectivity index (χ2n) is 14.6. The Kier molecular flexibility index (Phi) is 20.2. The molecule has 6 rings (SSSR count). The Morgan fingerprint density at radius 3 is 2.12 bits per heavy atom. The summed E-state index contributed by atoms with van der Waals surface area (Å²) in [5.41, 5.74) is 6.06. The maximum Gasteiger partial charge on any atom is 1.00 e. The number of hydrogen-bond acceptors (Lipinski definition) is 11. The molecule has 0 radical (unpaired) electrons. The number of carbonyl (C=O) groups excluding carboxylic acids is 1. The van der Waals surface area contributed by atoms with Gasteiger partial charge in [-0.1, -0.05) is 36.4 Å². The molecule has 1 aliphatic rings. The van der Waals surface area contributed by atoms with E-state index in [-0.39, 0.29) is 106 Å². The summed E-state index contributed by atoms with van der Waals surface area (Å²) < 4.78 is 82.0. The standard InChI is InChI=1S/C47H48BN3O10S2.2Na/c1-3-50(32-34-10-6-5-7-11-34)40-23-15-36(16-24-40)47(37-17-25-41(26-18-37)51(4-2)33-35-12-8-13-43(30-35)62(55,56)57)44-28-27-42(31-45(44)63(58,59)60)61-29-9-14-46(52)49-39-21-19-38(20-22-39)48(53)54;;/h5-6,8,10-13,15-28,30-31,53-54H,3-4,9,14,29,32-33H2,1-2H3,(H,49,52)(H,55,56,57)(H,58,59,60);;/q;2*+1/p-2. The number of amides is 1. The number of anilines is 2. The largest absolute Gasteiger partial charge is 1.00 e. The van der Waals surface area contributed by atoms with Crippen molar-refractivity contribution in [3.8, 4) is 5.75 Å². The van der Waals surface area contributed by atoms with E-state index in [4.69, 9.17) is 4.74 Å². The zero-order valence-electron chi connectivity index (χ0n) is 36.7. The van der Waals surface area contributed by atoms with Crippen molar-refractivity contribution in [2.24, 2.45) is 0 Å². The topological polar surface area (TPSA) is 199 Å². The normalized spacial score (nSPS) is 12.2. The Morgan fingerprint density at radius 1 is 0.831 bits per heavy atom. The van der Waals surface area contributed by atoms with E-state index in [1.165, 1.54) is 42.5 Å². The molecule has 0 unspecified atom stereocenters. The van der Waals surface area contributed by atoms with Crippen LogP contribution in [-0.2, 0) is 38.1 Å². The van der Waals surface area contributed by atoms with Gasteiger partial charge in [0.15, 0.2) is 12.3 Å². The number of benzene rings is 5. The average molecular weight is 934 g/mol. The Labute approximate surface area is 425 Å². The van der Waals surface area contributed by atoms with Crippen LogP contribution in [0.1, 0.15) is 48.9 Å². The van der Waals surface area contributed by atoms with E-state index in [2.05, 4.69) is 23.2 Å². The van der Waals surface area contributed by atoms with Crippen molar-refractivity contribution in [1.29, 1.82) is 0 Å². The predicted molar refractivity (Wildman–Crippen MR) is 241 cm³/mol. The zero-order valence-corrected chi connectivity index (χ0v) is 42.3. The van der Waals surface area contributed by atoms with Crippen LogP contribution in [0.25, 0.3) is 5.57 Å². The number of nitrogens with one attached hydrogen (secondary N) is 1. The minimum Gasteiger partial charge on any atom is -0.744 e. The SMILES string of the molecule is CCN(Cc1c[c-]ccc1)c1ccc(C(=C2C=CC(=[N+](CC)Cc3cccc(S(=O)(=O)[O-])c3)C=C2)c2ccc(OCCCC(=O)Nc3ccc(B(O)O)cc3)cc2S(=O)(=O)[O-])cc1.[Na+].[Na+]. The second kappa shape index (κ2) is 24.6. The molecule has 0 heterocycles. The fourth-order valence-electron chi connectivity index (χ4n) is 7.09. The molecule has 0 bridgehead atoms. The van der Waals surface area contributed by atoms with Gasteiger partial charge in [-0.05, 0) is 116 Å². The third-order valence-corrected chi connectivity index (χ3v) is 12.0. The van der Waals surface area contributed by atoms with Gasteiger partial charge in [0.2, 0.25) is 5.91 Å². The molecule has 326 valence electrons. The van der Waals surface area contributed by atoms with Crippen molar-refractivity contribution in [2.45, 2.75) is 49.6 Å². The van der Waals surface area contributed by atoms with Crippen LogP contribution >= 0.6 is 0 Å². The molecule has 13 nitrogen and oxygen atoms in total. The first-order chi connectivity index (χ1) is 30.1. The first-order valence-corrected chi connectivity index (χ1v) is 23.0. The maximum absolute atomic E-state index is 13.0. The van der Waals surface area contributed by atoms with E-state index in [9.17, 15) is 40.8 Å². The van der Waals surface area contributed by atoms with Crippen molar-refractivity contribution >= 4 is 61.4 Å². The van der Waals surface area contributed by atoms with Crippen molar-refractivity contribution in [3.63, 3.8) is 0 Å². The summed E-state index contributed by atoms with van der Waals surface area (Å²) in [6, 6.07) is 34.8. The van der Waals surface area contributed by atoms with Crippen molar-refractivity contribution in [2.75, 3.05) is 29.9 Å². The minimum absolute atomic E-state index is 0. The first-order valence-electron chi connectivity index (χ1n) is 20.2. The number of carbonyl (C=O) groups is 1. The first kappa shape index (κ1) is 53.5. The van der Waals surface area contributed by atoms with Gasteiger partial charge in [-0.25, -0.2) is 21.4 Å². The molecule has 0 spiro atoms. The number of nitrogens with zero attached hydrogens (tertiary/aromatic N) is 2. The van der Waals surface area contributed by atoms with Gasteiger partial charge in [-0.2, -0.15) is 30.3 Å². The van der Waals surface area contributed by atoms with Gasteiger partial charge in [0, 0.05) is 47.6 Å². The summed E-state index contributed by atoms with van der Waals surface area (Å²) in [5.74, 6) is -0.183. The van der Waals surface area contributed by atoms with Gasteiger partial charge in [-0.3, -0.25) is 4.79 Å². The van der Waals surface area contributed by atoms with Gasteiger partial charge >= 0.3 is 66.2 Å². The molecule has 0 saturated heterocycles. The Hall–Kier alpha value is -4.14. The van der Waals surface area contributed by atoms with Crippen LogP contribution in [0.5, 0.6) is 5.75 Å². The summed E-state index contributed by atoms with van der Waals surface area (Å²) in [4.78, 5) is 13.9. The molecule has 3 N–H and O–H groups in total. The van der Waals surface area contributed by atoms with Gasteiger partial charge < -0.3 is 34.1 Å². The number of allylic oxidation sites excluding steroid dienone is 5. The molecule has 1 aliphatic carbocycles. The predicted octanol–water partition coefficient (Wildman–Crippen LogP) is -0.592. The van der Waals surface area contributed by atoms with Gasteiger partial charge in [-0.15, -0.1) is 5.56 Å². The molecular formula is C47H46BN3Na2O10S2. The van der Waals surface area contributed by atoms with Crippen molar-refractivity contribution < 1.29 is 109 Å². The summed E-state index contributed by atoms with van der Waals surface area (Å²) >= 11 is 0. The molecule has 5 aromatic rings. The van der Waals surface area contributed by atoms with Gasteiger partial charge in [0.1, 0.15) is 32.5 Å². The van der Waals surface area contributed by atoms with Crippen LogP contribution in [0.2, 0.25) is 0 Å². The molecule has 5 aromatic carbocycles. The number of ether oxygens (including phenoxy) is 1. The second-order valence-corrected chi connectivity index (χ2v) is 17.3. The van der Waals surface area contributed by atoms with E-state index in [0.29, 0.717) is 54.1 Å². The van der Waals surface area contributed by atoms with E-state index in [1.54, 1.807) is 24.3 Å². The molecule has 0 aromatic heterocycles. The van der Waals surface area contributed by atoms with Crippen LogP contribution < -0.4 is 79.5 Å². The average Bonchev–Trinajstić information content (AvgIpc) is 3.27. The van der Waals surface area contributed by atoms with Crippen LogP contribution in [-0.4, -0.2) is 79.0 Å².